The fourth-order valence-corrected chi connectivity index (χ4v) is 6.33. The standard InChI is InChI=1S/C24H28ClN3O3S2/c1-27(2)14-15-28(23-26-20-11-10-19(33(3,30)31)16-21(20)32-23)22(29)24(12-4-5-13-24)17-6-8-18(25)9-7-17/h6-11,16H,4-5,12-15H2,1-3H3. The van der Waals surface area contributed by atoms with Crippen LogP contribution in [0.25, 0.3) is 10.2 Å². The van der Waals surface area contributed by atoms with E-state index in [2.05, 4.69) is 0 Å². The van der Waals surface area contributed by atoms with Crippen LogP contribution in [0.5, 0.6) is 0 Å². The van der Waals surface area contributed by atoms with Gasteiger partial charge in [0.2, 0.25) is 5.91 Å². The summed E-state index contributed by atoms with van der Waals surface area (Å²) in [6, 6.07) is 12.5. The average Bonchev–Trinajstić information content (AvgIpc) is 3.41. The number of amides is 1. The number of aromatic nitrogens is 1. The molecule has 0 N–H and O–H groups in total. The third kappa shape index (κ3) is 4.94. The Morgan fingerprint density at radius 2 is 1.76 bits per heavy atom. The Morgan fingerprint density at radius 3 is 2.36 bits per heavy atom. The normalized spacial score (nSPS) is 15.9. The molecule has 1 heterocycles. The molecule has 1 amide bonds. The SMILES string of the molecule is CN(C)CCN(C(=O)C1(c2ccc(Cl)cc2)CCCC1)c1nc2ccc(S(C)(=O)=O)cc2s1. The van der Waals surface area contributed by atoms with Gasteiger partial charge in [-0.1, -0.05) is 47.9 Å². The maximum Gasteiger partial charge on any atom is 0.239 e. The van der Waals surface area contributed by atoms with Crippen LogP contribution < -0.4 is 4.90 Å². The lowest BCUT2D eigenvalue weighted by atomic mass is 9.77. The predicted octanol–water partition coefficient (Wildman–Crippen LogP) is 4.76. The summed E-state index contributed by atoms with van der Waals surface area (Å²) < 4.78 is 24.8. The number of benzene rings is 2. The van der Waals surface area contributed by atoms with Crippen molar-refractivity contribution in [3.05, 3.63) is 53.1 Å². The number of anilines is 1. The number of halogens is 1. The first-order valence-corrected chi connectivity index (χ1v) is 14.0. The average molecular weight is 506 g/mol. The molecule has 0 bridgehead atoms. The molecule has 1 aromatic heterocycles. The van der Waals surface area contributed by atoms with E-state index in [-0.39, 0.29) is 10.8 Å². The third-order valence-corrected chi connectivity index (χ3v) is 8.69. The minimum absolute atomic E-state index is 0.0477. The molecule has 1 aliphatic carbocycles. The largest absolute Gasteiger partial charge is 0.308 e. The van der Waals surface area contributed by atoms with E-state index in [0.29, 0.717) is 28.8 Å². The summed E-state index contributed by atoms with van der Waals surface area (Å²) in [5.74, 6) is 0.0477. The van der Waals surface area contributed by atoms with Gasteiger partial charge in [0.15, 0.2) is 15.0 Å². The van der Waals surface area contributed by atoms with Gasteiger partial charge in [0.25, 0.3) is 0 Å². The molecule has 0 atom stereocenters. The second kappa shape index (κ2) is 9.33. The first kappa shape index (κ1) is 24.1. The fraction of sp³-hybridized carbons (Fsp3) is 0.417. The molecule has 0 aliphatic heterocycles. The summed E-state index contributed by atoms with van der Waals surface area (Å²) in [5, 5.41) is 1.25. The van der Waals surface area contributed by atoms with Crippen LogP contribution in [0.2, 0.25) is 5.02 Å². The molecular weight excluding hydrogens is 478 g/mol. The molecule has 3 aromatic rings. The molecule has 0 radical (unpaired) electrons. The van der Waals surface area contributed by atoms with E-state index in [0.717, 1.165) is 35.9 Å². The fourth-order valence-electron chi connectivity index (χ4n) is 4.45. The number of nitrogens with zero attached hydrogens (tertiary/aromatic N) is 3. The Bertz CT molecular complexity index is 1260. The minimum atomic E-state index is -3.32. The number of carbonyl (C=O) groups excluding carboxylic acids is 1. The number of likely N-dealkylation sites (N-methyl/N-ethyl adjacent to an activating group) is 1. The predicted molar refractivity (Wildman–Crippen MR) is 135 cm³/mol. The van der Waals surface area contributed by atoms with Crippen LogP contribution in [0.1, 0.15) is 31.2 Å². The van der Waals surface area contributed by atoms with E-state index >= 15 is 0 Å². The van der Waals surface area contributed by atoms with Crippen molar-refractivity contribution in [2.24, 2.45) is 0 Å². The van der Waals surface area contributed by atoms with Crippen molar-refractivity contribution in [3.8, 4) is 0 Å². The van der Waals surface area contributed by atoms with Crippen LogP contribution in [0.4, 0.5) is 5.13 Å². The zero-order chi connectivity index (χ0) is 23.8. The van der Waals surface area contributed by atoms with E-state index in [9.17, 15) is 13.2 Å². The first-order chi connectivity index (χ1) is 15.6. The van der Waals surface area contributed by atoms with E-state index in [1.807, 2.05) is 43.3 Å². The van der Waals surface area contributed by atoms with Gasteiger partial charge in [0.1, 0.15) is 0 Å². The van der Waals surface area contributed by atoms with Crippen LogP contribution in [0.3, 0.4) is 0 Å². The lowest BCUT2D eigenvalue weighted by Crippen LogP contribution is -2.47. The molecule has 9 heteroatoms. The molecule has 1 saturated carbocycles. The van der Waals surface area contributed by atoms with Crippen LogP contribution in [-0.4, -0.2) is 57.6 Å². The zero-order valence-electron chi connectivity index (χ0n) is 19.0. The van der Waals surface area contributed by atoms with E-state index in [1.165, 1.54) is 17.6 Å². The smallest absolute Gasteiger partial charge is 0.239 e. The molecule has 1 aliphatic rings. The maximum atomic E-state index is 14.2. The Labute approximate surface area is 204 Å². The van der Waals surface area contributed by atoms with E-state index in [1.54, 1.807) is 23.1 Å². The number of carbonyl (C=O) groups is 1. The summed E-state index contributed by atoms with van der Waals surface area (Å²) in [6.45, 7) is 1.19. The molecule has 1 fully saturated rings. The second-order valence-corrected chi connectivity index (χ2v) is 12.4. The zero-order valence-corrected chi connectivity index (χ0v) is 21.4. The lowest BCUT2D eigenvalue weighted by Gasteiger charge is -2.34. The van der Waals surface area contributed by atoms with Crippen molar-refractivity contribution in [2.75, 3.05) is 38.3 Å². The van der Waals surface area contributed by atoms with Crippen LogP contribution >= 0.6 is 22.9 Å². The highest BCUT2D eigenvalue weighted by Crippen LogP contribution is 2.44. The topological polar surface area (TPSA) is 70.6 Å². The Morgan fingerprint density at radius 1 is 1.09 bits per heavy atom. The number of sulfone groups is 1. The lowest BCUT2D eigenvalue weighted by molar-refractivity contribution is -0.124. The highest BCUT2D eigenvalue weighted by atomic mass is 35.5. The van der Waals surface area contributed by atoms with Gasteiger partial charge >= 0.3 is 0 Å². The first-order valence-electron chi connectivity index (χ1n) is 10.9. The van der Waals surface area contributed by atoms with Crippen molar-refractivity contribution in [1.29, 1.82) is 0 Å². The molecular formula is C24H28ClN3O3S2. The van der Waals surface area contributed by atoms with Crippen LogP contribution in [0.15, 0.2) is 47.4 Å². The Kier molecular flexibility index (Phi) is 6.82. The van der Waals surface area contributed by atoms with Gasteiger partial charge in [0.05, 0.1) is 20.5 Å². The molecule has 0 unspecified atom stereocenters. The Hall–Kier alpha value is -2.00. The second-order valence-electron chi connectivity index (χ2n) is 8.95. The third-order valence-electron chi connectivity index (χ3n) is 6.29. The van der Waals surface area contributed by atoms with Gasteiger partial charge in [-0.05, 0) is 62.8 Å². The summed E-state index contributed by atoms with van der Waals surface area (Å²) in [7, 11) is 0.628. The summed E-state index contributed by atoms with van der Waals surface area (Å²) in [6.07, 6.45) is 4.75. The number of rotatable bonds is 7. The van der Waals surface area contributed by atoms with Gasteiger partial charge in [-0.25, -0.2) is 13.4 Å². The van der Waals surface area contributed by atoms with Gasteiger partial charge in [-0.2, -0.15) is 0 Å². The van der Waals surface area contributed by atoms with Gasteiger partial charge < -0.3 is 4.90 Å². The summed E-state index contributed by atoms with van der Waals surface area (Å²) >= 11 is 7.48. The minimum Gasteiger partial charge on any atom is -0.308 e. The quantitative estimate of drug-likeness (QED) is 0.463. The van der Waals surface area contributed by atoms with Crippen molar-refractivity contribution in [1.82, 2.24) is 9.88 Å². The van der Waals surface area contributed by atoms with Gasteiger partial charge in [-0.15, -0.1) is 0 Å². The number of fused-ring (bicyclic) bond motifs is 1. The molecule has 2 aromatic carbocycles. The highest BCUT2D eigenvalue weighted by Gasteiger charge is 2.45. The van der Waals surface area contributed by atoms with Crippen molar-refractivity contribution >= 4 is 54.0 Å². The number of hydrogen-bond acceptors (Lipinski definition) is 6. The number of thiazole rings is 1. The molecule has 0 spiro atoms. The summed E-state index contributed by atoms with van der Waals surface area (Å²) in [4.78, 5) is 23.0. The molecule has 176 valence electrons. The van der Waals surface area contributed by atoms with Crippen molar-refractivity contribution < 1.29 is 13.2 Å². The highest BCUT2D eigenvalue weighted by molar-refractivity contribution is 7.90. The van der Waals surface area contributed by atoms with Crippen molar-refractivity contribution in [2.45, 2.75) is 36.0 Å². The summed E-state index contributed by atoms with van der Waals surface area (Å²) in [5.41, 5.74) is 1.08. The monoisotopic (exact) mass is 505 g/mol. The Balaban J connectivity index is 1.78. The van der Waals surface area contributed by atoms with Crippen molar-refractivity contribution in [3.63, 3.8) is 0 Å². The van der Waals surface area contributed by atoms with Gasteiger partial charge in [-0.3, -0.25) is 9.69 Å². The van der Waals surface area contributed by atoms with Crippen LogP contribution in [-0.2, 0) is 20.0 Å². The van der Waals surface area contributed by atoms with Gasteiger partial charge in [0, 0.05) is 24.4 Å². The van der Waals surface area contributed by atoms with E-state index in [4.69, 9.17) is 16.6 Å². The molecule has 4 rings (SSSR count). The molecule has 6 nitrogen and oxygen atoms in total. The molecule has 0 saturated heterocycles. The van der Waals surface area contributed by atoms with Crippen LogP contribution in [0, 0.1) is 0 Å². The maximum absolute atomic E-state index is 14.2. The molecule has 33 heavy (non-hydrogen) atoms. The van der Waals surface area contributed by atoms with E-state index < -0.39 is 15.3 Å². The number of hydrogen-bond donors (Lipinski definition) is 0.